The van der Waals surface area contributed by atoms with Gasteiger partial charge in [-0.2, -0.15) is 0 Å². The SMILES string of the molecule is CCCC(=O)N1CC(NCC2CCC2)CC(C(=O)OC)C1. The van der Waals surface area contributed by atoms with Crippen molar-refractivity contribution in [2.75, 3.05) is 26.7 Å². The fourth-order valence-electron chi connectivity index (χ4n) is 3.19. The highest BCUT2D eigenvalue weighted by Crippen LogP contribution is 2.26. The van der Waals surface area contributed by atoms with Gasteiger partial charge in [-0.25, -0.2) is 0 Å². The van der Waals surface area contributed by atoms with Crippen LogP contribution in [0.4, 0.5) is 0 Å². The van der Waals surface area contributed by atoms with Gasteiger partial charge in [-0.1, -0.05) is 13.3 Å². The predicted molar refractivity (Wildman–Crippen MR) is 80.7 cm³/mol. The molecule has 21 heavy (non-hydrogen) atoms. The highest BCUT2D eigenvalue weighted by molar-refractivity contribution is 5.78. The van der Waals surface area contributed by atoms with E-state index in [1.54, 1.807) is 0 Å². The summed E-state index contributed by atoms with van der Waals surface area (Å²) in [7, 11) is 1.42. The Morgan fingerprint density at radius 1 is 1.29 bits per heavy atom. The van der Waals surface area contributed by atoms with E-state index in [-0.39, 0.29) is 23.8 Å². The highest BCUT2D eigenvalue weighted by atomic mass is 16.5. The van der Waals surface area contributed by atoms with Crippen molar-refractivity contribution in [3.05, 3.63) is 0 Å². The van der Waals surface area contributed by atoms with Crippen molar-refractivity contribution in [1.82, 2.24) is 10.2 Å². The molecule has 0 bridgehead atoms. The molecule has 5 nitrogen and oxygen atoms in total. The number of nitrogens with one attached hydrogen (secondary N) is 1. The Morgan fingerprint density at radius 2 is 2.05 bits per heavy atom. The maximum Gasteiger partial charge on any atom is 0.310 e. The first-order chi connectivity index (χ1) is 10.1. The van der Waals surface area contributed by atoms with Gasteiger partial charge in [-0.3, -0.25) is 9.59 Å². The quantitative estimate of drug-likeness (QED) is 0.756. The van der Waals surface area contributed by atoms with E-state index in [1.165, 1.54) is 26.4 Å². The number of piperidine rings is 1. The summed E-state index contributed by atoms with van der Waals surface area (Å²) in [5.74, 6) is 0.549. The first-order valence-electron chi connectivity index (χ1n) is 8.23. The number of rotatable bonds is 6. The smallest absolute Gasteiger partial charge is 0.310 e. The van der Waals surface area contributed by atoms with Gasteiger partial charge in [0.25, 0.3) is 0 Å². The topological polar surface area (TPSA) is 58.6 Å². The van der Waals surface area contributed by atoms with Crippen molar-refractivity contribution in [2.45, 2.75) is 51.5 Å². The Bertz CT molecular complexity index is 369. The zero-order valence-electron chi connectivity index (χ0n) is 13.3. The molecule has 5 heteroatoms. The van der Waals surface area contributed by atoms with Crippen LogP contribution in [0.2, 0.25) is 0 Å². The maximum absolute atomic E-state index is 12.2. The van der Waals surface area contributed by atoms with Gasteiger partial charge in [-0.05, 0) is 38.1 Å². The van der Waals surface area contributed by atoms with Crippen LogP contribution in [0.15, 0.2) is 0 Å². The van der Waals surface area contributed by atoms with E-state index in [9.17, 15) is 9.59 Å². The lowest BCUT2D eigenvalue weighted by molar-refractivity contribution is -0.149. The first-order valence-corrected chi connectivity index (χ1v) is 8.23. The Balaban J connectivity index is 1.91. The molecule has 120 valence electrons. The van der Waals surface area contributed by atoms with Gasteiger partial charge in [-0.15, -0.1) is 0 Å². The minimum Gasteiger partial charge on any atom is -0.469 e. The second kappa shape index (κ2) is 7.78. The number of amides is 1. The fraction of sp³-hybridized carbons (Fsp3) is 0.875. The minimum atomic E-state index is -0.195. The van der Waals surface area contributed by atoms with Crippen molar-refractivity contribution in [3.63, 3.8) is 0 Å². The van der Waals surface area contributed by atoms with Crippen molar-refractivity contribution in [3.8, 4) is 0 Å². The maximum atomic E-state index is 12.2. The zero-order valence-corrected chi connectivity index (χ0v) is 13.3. The van der Waals surface area contributed by atoms with E-state index in [1.807, 2.05) is 11.8 Å². The van der Waals surface area contributed by atoms with Gasteiger partial charge in [0.1, 0.15) is 0 Å². The average molecular weight is 296 g/mol. The number of nitrogens with zero attached hydrogens (tertiary/aromatic N) is 1. The molecule has 2 fully saturated rings. The molecule has 1 heterocycles. The molecule has 0 spiro atoms. The third kappa shape index (κ3) is 4.43. The summed E-state index contributed by atoms with van der Waals surface area (Å²) in [4.78, 5) is 25.8. The van der Waals surface area contributed by atoms with E-state index in [0.717, 1.165) is 31.8 Å². The number of methoxy groups -OCH3 is 1. The lowest BCUT2D eigenvalue weighted by atomic mass is 9.85. The molecule has 1 aliphatic carbocycles. The van der Waals surface area contributed by atoms with E-state index < -0.39 is 0 Å². The zero-order chi connectivity index (χ0) is 15.2. The van der Waals surface area contributed by atoms with Crippen LogP contribution in [0, 0.1) is 11.8 Å². The third-order valence-corrected chi connectivity index (χ3v) is 4.72. The molecular formula is C16H28N2O3. The number of carbonyl (C=O) groups is 2. The molecule has 0 aromatic heterocycles. The summed E-state index contributed by atoms with van der Waals surface area (Å²) in [6, 6.07) is 0.212. The fourth-order valence-corrected chi connectivity index (χ4v) is 3.19. The lowest BCUT2D eigenvalue weighted by Gasteiger charge is -2.38. The summed E-state index contributed by atoms with van der Waals surface area (Å²) < 4.78 is 4.88. The Hall–Kier alpha value is -1.10. The highest BCUT2D eigenvalue weighted by Gasteiger charge is 2.34. The molecule has 0 aromatic rings. The first kappa shape index (κ1) is 16.3. The molecule has 0 radical (unpaired) electrons. The van der Waals surface area contributed by atoms with Crippen molar-refractivity contribution in [2.24, 2.45) is 11.8 Å². The van der Waals surface area contributed by atoms with Crippen LogP contribution in [-0.2, 0) is 14.3 Å². The Labute approximate surface area is 127 Å². The molecule has 1 aliphatic heterocycles. The van der Waals surface area contributed by atoms with Crippen LogP contribution in [0.25, 0.3) is 0 Å². The van der Waals surface area contributed by atoms with Crippen molar-refractivity contribution < 1.29 is 14.3 Å². The van der Waals surface area contributed by atoms with E-state index in [4.69, 9.17) is 4.74 Å². The van der Waals surface area contributed by atoms with Crippen LogP contribution >= 0.6 is 0 Å². The molecule has 2 aliphatic rings. The summed E-state index contributed by atoms with van der Waals surface area (Å²) in [6.07, 6.45) is 6.12. The molecule has 1 N–H and O–H groups in total. The van der Waals surface area contributed by atoms with Gasteiger partial charge < -0.3 is 15.0 Å². The molecule has 1 saturated carbocycles. The molecule has 2 unspecified atom stereocenters. The molecule has 1 amide bonds. The molecule has 1 saturated heterocycles. The van der Waals surface area contributed by atoms with Crippen LogP contribution in [0.5, 0.6) is 0 Å². The normalized spacial score (nSPS) is 26.3. The van der Waals surface area contributed by atoms with E-state index in [2.05, 4.69) is 5.32 Å². The predicted octanol–water partition coefficient (Wildman–Crippen LogP) is 1.57. The second-order valence-corrected chi connectivity index (χ2v) is 6.41. The standard InChI is InChI=1S/C16H28N2O3/c1-3-5-15(19)18-10-13(16(20)21-2)8-14(11-18)17-9-12-6-4-7-12/h12-14,17H,3-11H2,1-2H3. The van der Waals surface area contributed by atoms with E-state index in [0.29, 0.717) is 13.0 Å². The van der Waals surface area contributed by atoms with Crippen LogP contribution in [-0.4, -0.2) is 49.6 Å². The van der Waals surface area contributed by atoms with Crippen molar-refractivity contribution in [1.29, 1.82) is 0 Å². The Morgan fingerprint density at radius 3 is 2.62 bits per heavy atom. The minimum absolute atomic E-state index is 0.154. The van der Waals surface area contributed by atoms with E-state index >= 15 is 0 Å². The summed E-state index contributed by atoms with van der Waals surface area (Å²) in [5.41, 5.74) is 0. The number of hydrogen-bond acceptors (Lipinski definition) is 4. The number of carbonyl (C=O) groups excluding carboxylic acids is 2. The van der Waals surface area contributed by atoms with Gasteiger partial charge in [0.2, 0.25) is 5.91 Å². The molecular weight excluding hydrogens is 268 g/mol. The van der Waals surface area contributed by atoms with Gasteiger partial charge in [0, 0.05) is 25.6 Å². The average Bonchev–Trinajstić information content (AvgIpc) is 2.44. The Kier molecular flexibility index (Phi) is 6.03. The van der Waals surface area contributed by atoms with Crippen molar-refractivity contribution >= 4 is 11.9 Å². The molecule has 2 atom stereocenters. The summed E-state index contributed by atoms with van der Waals surface area (Å²) in [5, 5.41) is 3.56. The molecule has 2 rings (SSSR count). The van der Waals surface area contributed by atoms with Crippen LogP contribution < -0.4 is 5.32 Å². The third-order valence-electron chi connectivity index (χ3n) is 4.72. The number of hydrogen-bond donors (Lipinski definition) is 1. The number of likely N-dealkylation sites (tertiary alicyclic amines) is 1. The summed E-state index contributed by atoms with van der Waals surface area (Å²) in [6.45, 7) is 4.24. The lowest BCUT2D eigenvalue weighted by Crippen LogP contribution is -2.53. The van der Waals surface area contributed by atoms with Crippen LogP contribution in [0.3, 0.4) is 0 Å². The second-order valence-electron chi connectivity index (χ2n) is 6.41. The number of esters is 1. The van der Waals surface area contributed by atoms with Gasteiger partial charge >= 0.3 is 5.97 Å². The number of ether oxygens (including phenoxy) is 1. The monoisotopic (exact) mass is 296 g/mol. The van der Waals surface area contributed by atoms with Gasteiger partial charge in [0.05, 0.1) is 13.0 Å². The molecule has 0 aromatic carbocycles. The van der Waals surface area contributed by atoms with Crippen LogP contribution in [0.1, 0.15) is 45.4 Å². The summed E-state index contributed by atoms with van der Waals surface area (Å²) >= 11 is 0. The largest absolute Gasteiger partial charge is 0.469 e. The van der Waals surface area contributed by atoms with Gasteiger partial charge in [0.15, 0.2) is 0 Å².